The highest BCUT2D eigenvalue weighted by atomic mass is 16.5. The van der Waals surface area contributed by atoms with E-state index < -0.39 is 17.5 Å². The first-order valence-electron chi connectivity index (χ1n) is 8.07. The summed E-state index contributed by atoms with van der Waals surface area (Å²) >= 11 is 0. The minimum atomic E-state index is -0.598. The molecule has 0 aliphatic heterocycles. The Morgan fingerprint density at radius 3 is 1.88 bits per heavy atom. The molecule has 0 saturated heterocycles. The molecular formula is C20H20O5. The van der Waals surface area contributed by atoms with Gasteiger partial charge in [0, 0.05) is 18.1 Å². The molecular weight excluding hydrogens is 320 g/mol. The van der Waals surface area contributed by atoms with Crippen LogP contribution < -0.4 is 4.74 Å². The molecule has 3 rings (SSSR count). The van der Waals surface area contributed by atoms with E-state index in [0.29, 0.717) is 11.1 Å². The van der Waals surface area contributed by atoms with Crippen molar-refractivity contribution < 1.29 is 24.2 Å². The summed E-state index contributed by atoms with van der Waals surface area (Å²) in [4.78, 5) is 36.9. The van der Waals surface area contributed by atoms with E-state index in [0.717, 1.165) is 0 Å². The average Bonchev–Trinajstić information content (AvgIpc) is 2.61. The predicted octanol–water partition coefficient (Wildman–Crippen LogP) is 3.74. The number of benzene rings is 2. The Kier molecular flexibility index (Phi) is 5.07. The van der Waals surface area contributed by atoms with Gasteiger partial charge < -0.3 is 9.84 Å². The molecule has 1 N–H and O–H groups in total. The highest BCUT2D eigenvalue weighted by molar-refractivity contribution is 6.30. The molecule has 130 valence electrons. The van der Waals surface area contributed by atoms with E-state index in [1.54, 1.807) is 38.1 Å². The molecule has 5 nitrogen and oxygen atoms in total. The molecule has 5 heteroatoms. The third-order valence-corrected chi connectivity index (χ3v) is 4.09. The fourth-order valence-electron chi connectivity index (χ4n) is 2.81. The van der Waals surface area contributed by atoms with Crippen molar-refractivity contribution in [3.05, 3.63) is 57.6 Å². The maximum Gasteiger partial charge on any atom is 0.308 e. The number of ketones is 2. The van der Waals surface area contributed by atoms with Crippen LogP contribution in [0.15, 0.2) is 24.3 Å². The second kappa shape index (κ2) is 6.89. The number of aromatic hydroxyl groups is 1. The minimum absolute atomic E-state index is 0.0376. The Labute approximate surface area is 146 Å². The SMILES string of the molecule is CC.CC(=O)Oc1c(C)c(C)c(O)c2c1C(=O)c1ccccc1C2=O. The van der Waals surface area contributed by atoms with Crippen molar-refractivity contribution >= 4 is 17.5 Å². The monoisotopic (exact) mass is 340 g/mol. The summed E-state index contributed by atoms with van der Waals surface area (Å²) in [5.74, 6) is -1.70. The van der Waals surface area contributed by atoms with Gasteiger partial charge in [-0.2, -0.15) is 0 Å². The zero-order valence-electron chi connectivity index (χ0n) is 14.9. The highest BCUT2D eigenvalue weighted by Crippen LogP contribution is 2.42. The van der Waals surface area contributed by atoms with Crippen LogP contribution in [0.1, 0.15) is 63.7 Å². The Bertz CT molecular complexity index is 893. The lowest BCUT2D eigenvalue weighted by atomic mass is 9.81. The number of phenolic OH excluding ortho intramolecular Hbond substituents is 1. The fourth-order valence-corrected chi connectivity index (χ4v) is 2.81. The first kappa shape index (κ1) is 18.4. The van der Waals surface area contributed by atoms with Crippen LogP contribution in [0.25, 0.3) is 0 Å². The smallest absolute Gasteiger partial charge is 0.308 e. The van der Waals surface area contributed by atoms with Crippen LogP contribution in [0.5, 0.6) is 11.5 Å². The molecule has 0 heterocycles. The zero-order valence-corrected chi connectivity index (χ0v) is 14.9. The molecule has 2 aromatic rings. The topological polar surface area (TPSA) is 80.7 Å². The molecule has 0 radical (unpaired) electrons. The van der Waals surface area contributed by atoms with Crippen LogP contribution >= 0.6 is 0 Å². The average molecular weight is 340 g/mol. The molecule has 0 aromatic heterocycles. The van der Waals surface area contributed by atoms with E-state index in [-0.39, 0.29) is 33.8 Å². The summed E-state index contributed by atoms with van der Waals surface area (Å²) in [6.45, 7) is 8.46. The number of rotatable bonds is 1. The summed E-state index contributed by atoms with van der Waals surface area (Å²) in [6.07, 6.45) is 0. The first-order valence-corrected chi connectivity index (χ1v) is 8.07. The summed E-state index contributed by atoms with van der Waals surface area (Å²) in [7, 11) is 0. The lowest BCUT2D eigenvalue weighted by molar-refractivity contribution is -0.131. The molecule has 0 fully saturated rings. The van der Waals surface area contributed by atoms with Crippen molar-refractivity contribution in [2.45, 2.75) is 34.6 Å². The number of hydrogen-bond acceptors (Lipinski definition) is 5. The van der Waals surface area contributed by atoms with E-state index >= 15 is 0 Å². The van der Waals surface area contributed by atoms with E-state index in [1.165, 1.54) is 6.92 Å². The van der Waals surface area contributed by atoms with Gasteiger partial charge in [0.2, 0.25) is 0 Å². The molecule has 0 spiro atoms. The normalized spacial score (nSPS) is 11.9. The van der Waals surface area contributed by atoms with Crippen molar-refractivity contribution in [3.63, 3.8) is 0 Å². The van der Waals surface area contributed by atoms with Gasteiger partial charge in [-0.15, -0.1) is 0 Å². The van der Waals surface area contributed by atoms with Gasteiger partial charge in [0.25, 0.3) is 0 Å². The number of esters is 1. The summed E-state index contributed by atoms with van der Waals surface area (Å²) < 4.78 is 5.19. The number of carbonyl (C=O) groups excluding carboxylic acids is 3. The number of carbonyl (C=O) groups is 3. The predicted molar refractivity (Wildman–Crippen MR) is 93.5 cm³/mol. The van der Waals surface area contributed by atoms with Gasteiger partial charge in [-0.3, -0.25) is 14.4 Å². The maximum absolute atomic E-state index is 12.8. The largest absolute Gasteiger partial charge is 0.507 e. The van der Waals surface area contributed by atoms with E-state index in [2.05, 4.69) is 0 Å². The molecule has 0 amide bonds. The molecule has 0 unspecified atom stereocenters. The van der Waals surface area contributed by atoms with Crippen LogP contribution in [0, 0.1) is 13.8 Å². The molecule has 0 bridgehead atoms. The van der Waals surface area contributed by atoms with Crippen molar-refractivity contribution in [1.82, 2.24) is 0 Å². The molecule has 0 saturated carbocycles. The van der Waals surface area contributed by atoms with Crippen LogP contribution in [0.3, 0.4) is 0 Å². The minimum Gasteiger partial charge on any atom is -0.507 e. The number of ether oxygens (including phenoxy) is 1. The zero-order chi connectivity index (χ0) is 18.9. The summed E-state index contributed by atoms with van der Waals surface area (Å²) in [6, 6.07) is 6.39. The van der Waals surface area contributed by atoms with E-state index in [1.807, 2.05) is 13.8 Å². The lowest BCUT2D eigenvalue weighted by Gasteiger charge is -2.23. The molecule has 2 aromatic carbocycles. The van der Waals surface area contributed by atoms with Crippen LogP contribution in [-0.4, -0.2) is 22.6 Å². The van der Waals surface area contributed by atoms with Gasteiger partial charge in [-0.1, -0.05) is 38.1 Å². The third-order valence-electron chi connectivity index (χ3n) is 4.09. The van der Waals surface area contributed by atoms with Crippen molar-refractivity contribution in [1.29, 1.82) is 0 Å². The molecule has 1 aliphatic rings. The first-order chi connectivity index (χ1) is 11.8. The highest BCUT2D eigenvalue weighted by Gasteiger charge is 2.37. The van der Waals surface area contributed by atoms with Gasteiger partial charge in [0.15, 0.2) is 11.6 Å². The number of hydrogen-bond donors (Lipinski definition) is 1. The summed E-state index contributed by atoms with van der Waals surface area (Å²) in [5, 5.41) is 10.4. The van der Waals surface area contributed by atoms with E-state index in [9.17, 15) is 19.5 Å². The van der Waals surface area contributed by atoms with Gasteiger partial charge in [-0.05, 0) is 25.0 Å². The van der Waals surface area contributed by atoms with Gasteiger partial charge in [0.05, 0.1) is 11.1 Å². The second-order valence-electron chi connectivity index (χ2n) is 5.48. The summed E-state index contributed by atoms with van der Waals surface area (Å²) in [5.41, 5.74) is 1.17. The van der Waals surface area contributed by atoms with Gasteiger partial charge in [0.1, 0.15) is 11.5 Å². The Morgan fingerprint density at radius 2 is 1.40 bits per heavy atom. The van der Waals surface area contributed by atoms with Gasteiger partial charge in [-0.25, -0.2) is 0 Å². The van der Waals surface area contributed by atoms with Crippen molar-refractivity contribution in [2.75, 3.05) is 0 Å². The molecule has 25 heavy (non-hydrogen) atoms. The second-order valence-corrected chi connectivity index (χ2v) is 5.48. The Hall–Kier alpha value is -2.95. The Morgan fingerprint density at radius 1 is 0.920 bits per heavy atom. The number of fused-ring (bicyclic) bond motifs is 2. The van der Waals surface area contributed by atoms with E-state index in [4.69, 9.17) is 4.74 Å². The number of phenols is 1. The van der Waals surface area contributed by atoms with Crippen LogP contribution in [-0.2, 0) is 4.79 Å². The Balaban J connectivity index is 0.00000109. The fraction of sp³-hybridized carbons (Fsp3) is 0.250. The van der Waals surface area contributed by atoms with Crippen molar-refractivity contribution in [3.8, 4) is 11.5 Å². The standard InChI is InChI=1S/C18H14O5.C2H6/c1-8-9(2)18(23-10(3)19)14-13(15(8)20)16(21)11-6-4-5-7-12(11)17(14)22;1-2/h4-7,20H,1-3H3;1-2H3. The third kappa shape index (κ3) is 2.82. The van der Waals surface area contributed by atoms with Gasteiger partial charge >= 0.3 is 5.97 Å². The van der Waals surface area contributed by atoms with Crippen LogP contribution in [0.4, 0.5) is 0 Å². The quantitative estimate of drug-likeness (QED) is 0.539. The maximum atomic E-state index is 12.8. The molecule has 1 aliphatic carbocycles. The van der Waals surface area contributed by atoms with Crippen molar-refractivity contribution in [2.24, 2.45) is 0 Å². The molecule has 0 atom stereocenters. The lowest BCUT2D eigenvalue weighted by Crippen LogP contribution is -2.23. The van der Waals surface area contributed by atoms with Crippen LogP contribution in [0.2, 0.25) is 0 Å².